The third kappa shape index (κ3) is 3.45. The average Bonchev–Trinajstić information content (AvgIpc) is 2.39. The van der Waals surface area contributed by atoms with Crippen LogP contribution in [-0.4, -0.2) is 35.2 Å². The number of aliphatic hydroxyl groups is 1. The van der Waals surface area contributed by atoms with E-state index in [1.165, 1.54) is 58.0 Å². The second-order valence-corrected chi connectivity index (χ2v) is 6.21. The van der Waals surface area contributed by atoms with Gasteiger partial charge in [-0.15, -0.1) is 0 Å². The van der Waals surface area contributed by atoms with Gasteiger partial charge in [0, 0.05) is 6.04 Å². The summed E-state index contributed by atoms with van der Waals surface area (Å²) in [5.41, 5.74) is 0. The monoisotopic (exact) mass is 239 g/mol. The molecule has 0 radical (unpaired) electrons. The van der Waals surface area contributed by atoms with Crippen LogP contribution in [0.3, 0.4) is 0 Å². The van der Waals surface area contributed by atoms with Gasteiger partial charge in [-0.3, -0.25) is 0 Å². The van der Waals surface area contributed by atoms with Gasteiger partial charge in [-0.05, 0) is 57.5 Å². The van der Waals surface area contributed by atoms with Crippen molar-refractivity contribution >= 4 is 0 Å². The van der Waals surface area contributed by atoms with Crippen LogP contribution in [0.1, 0.15) is 58.8 Å². The molecule has 0 aromatic heterocycles. The Labute approximate surface area is 106 Å². The lowest BCUT2D eigenvalue weighted by molar-refractivity contribution is 0.0408. The Morgan fingerprint density at radius 2 is 1.88 bits per heavy atom. The van der Waals surface area contributed by atoms with Crippen LogP contribution in [0.4, 0.5) is 0 Å². The smallest absolute Gasteiger partial charge is 0.0541 e. The molecule has 0 spiro atoms. The molecule has 0 aromatic carbocycles. The summed E-state index contributed by atoms with van der Waals surface area (Å²) in [7, 11) is 0. The first-order valence-corrected chi connectivity index (χ1v) is 7.62. The Kier molecular flexibility index (Phi) is 4.87. The van der Waals surface area contributed by atoms with Crippen LogP contribution in [0.5, 0.6) is 0 Å². The highest BCUT2D eigenvalue weighted by Gasteiger charge is 2.30. The summed E-state index contributed by atoms with van der Waals surface area (Å²) in [6.45, 7) is 6.73. The van der Waals surface area contributed by atoms with E-state index in [2.05, 4.69) is 11.8 Å². The van der Waals surface area contributed by atoms with Crippen LogP contribution in [-0.2, 0) is 0 Å². The SMILES string of the molecule is CCC1CCCC(N2CCC(C(C)O)CC2)C1. The molecule has 100 valence electrons. The van der Waals surface area contributed by atoms with Gasteiger partial charge in [0.25, 0.3) is 0 Å². The molecule has 2 nitrogen and oxygen atoms in total. The molecule has 0 amide bonds. The standard InChI is InChI=1S/C15H29NO/c1-3-13-5-4-6-15(11-13)16-9-7-14(8-10-16)12(2)17/h12-15,17H,3-11H2,1-2H3. The minimum atomic E-state index is -0.105. The molecule has 3 atom stereocenters. The normalized spacial score (nSPS) is 34.8. The molecule has 1 aliphatic carbocycles. The van der Waals surface area contributed by atoms with Crippen molar-refractivity contribution in [3.8, 4) is 0 Å². The molecule has 2 aliphatic rings. The summed E-state index contributed by atoms with van der Waals surface area (Å²) >= 11 is 0. The lowest BCUT2D eigenvalue weighted by Gasteiger charge is -2.41. The zero-order valence-corrected chi connectivity index (χ0v) is 11.6. The Morgan fingerprint density at radius 1 is 1.18 bits per heavy atom. The average molecular weight is 239 g/mol. The minimum absolute atomic E-state index is 0.105. The maximum atomic E-state index is 9.64. The van der Waals surface area contributed by atoms with Gasteiger partial charge in [-0.2, -0.15) is 0 Å². The highest BCUT2D eigenvalue weighted by atomic mass is 16.3. The first-order valence-electron chi connectivity index (χ1n) is 7.62. The molecule has 0 bridgehead atoms. The molecule has 1 aliphatic heterocycles. The van der Waals surface area contributed by atoms with Crippen molar-refractivity contribution < 1.29 is 5.11 Å². The largest absolute Gasteiger partial charge is 0.393 e. The van der Waals surface area contributed by atoms with Crippen molar-refractivity contribution in [1.82, 2.24) is 4.90 Å². The van der Waals surface area contributed by atoms with E-state index in [0.717, 1.165) is 12.0 Å². The van der Waals surface area contributed by atoms with Gasteiger partial charge in [-0.1, -0.05) is 26.2 Å². The van der Waals surface area contributed by atoms with Gasteiger partial charge in [0.15, 0.2) is 0 Å². The predicted molar refractivity (Wildman–Crippen MR) is 72.0 cm³/mol. The zero-order chi connectivity index (χ0) is 12.3. The molecule has 2 rings (SSSR count). The number of rotatable bonds is 3. The topological polar surface area (TPSA) is 23.5 Å². The van der Waals surface area contributed by atoms with E-state index in [1.807, 2.05) is 6.92 Å². The fourth-order valence-electron chi connectivity index (χ4n) is 3.73. The highest BCUT2D eigenvalue weighted by Crippen LogP contribution is 2.32. The third-order valence-corrected chi connectivity index (χ3v) is 5.11. The second-order valence-electron chi connectivity index (χ2n) is 6.21. The van der Waals surface area contributed by atoms with Crippen LogP contribution >= 0.6 is 0 Å². The lowest BCUT2D eigenvalue weighted by atomic mass is 9.82. The van der Waals surface area contributed by atoms with E-state index in [4.69, 9.17) is 0 Å². The Bertz CT molecular complexity index is 221. The number of likely N-dealkylation sites (tertiary alicyclic amines) is 1. The molecule has 1 N–H and O–H groups in total. The molecule has 2 heteroatoms. The van der Waals surface area contributed by atoms with E-state index >= 15 is 0 Å². The van der Waals surface area contributed by atoms with Crippen molar-refractivity contribution in [3.05, 3.63) is 0 Å². The quantitative estimate of drug-likeness (QED) is 0.818. The number of piperidine rings is 1. The molecule has 0 aromatic rings. The molecular weight excluding hydrogens is 210 g/mol. The molecule has 1 saturated carbocycles. The zero-order valence-electron chi connectivity index (χ0n) is 11.6. The number of hydrogen-bond donors (Lipinski definition) is 1. The Morgan fingerprint density at radius 3 is 2.47 bits per heavy atom. The van der Waals surface area contributed by atoms with Crippen molar-refractivity contribution in [2.45, 2.75) is 70.9 Å². The van der Waals surface area contributed by atoms with Crippen LogP contribution < -0.4 is 0 Å². The summed E-state index contributed by atoms with van der Waals surface area (Å²) in [6.07, 6.45) is 9.38. The van der Waals surface area contributed by atoms with Gasteiger partial charge in [0.05, 0.1) is 6.10 Å². The number of aliphatic hydroxyl groups excluding tert-OH is 1. The van der Waals surface area contributed by atoms with Crippen molar-refractivity contribution in [3.63, 3.8) is 0 Å². The molecule has 17 heavy (non-hydrogen) atoms. The number of hydrogen-bond acceptors (Lipinski definition) is 2. The van der Waals surface area contributed by atoms with Crippen LogP contribution in [0.15, 0.2) is 0 Å². The molecular formula is C15H29NO. The highest BCUT2D eigenvalue weighted by molar-refractivity contribution is 4.84. The maximum absolute atomic E-state index is 9.64. The van der Waals surface area contributed by atoms with Crippen molar-refractivity contribution in [2.75, 3.05) is 13.1 Å². The second kappa shape index (κ2) is 6.19. The first-order chi connectivity index (χ1) is 8.20. The van der Waals surface area contributed by atoms with Gasteiger partial charge >= 0.3 is 0 Å². The summed E-state index contributed by atoms with van der Waals surface area (Å²) < 4.78 is 0. The summed E-state index contributed by atoms with van der Waals surface area (Å²) in [6, 6.07) is 0.851. The molecule has 1 saturated heterocycles. The summed E-state index contributed by atoms with van der Waals surface area (Å²) in [5.74, 6) is 1.53. The van der Waals surface area contributed by atoms with Gasteiger partial charge in [0.1, 0.15) is 0 Å². The minimum Gasteiger partial charge on any atom is -0.393 e. The Balaban J connectivity index is 1.80. The van der Waals surface area contributed by atoms with E-state index < -0.39 is 0 Å². The van der Waals surface area contributed by atoms with Crippen LogP contribution in [0.25, 0.3) is 0 Å². The fraction of sp³-hybridized carbons (Fsp3) is 1.00. The lowest BCUT2D eigenvalue weighted by Crippen LogP contribution is -2.45. The van der Waals surface area contributed by atoms with Gasteiger partial charge < -0.3 is 10.0 Å². The van der Waals surface area contributed by atoms with E-state index in [9.17, 15) is 5.11 Å². The predicted octanol–water partition coefficient (Wildman–Crippen LogP) is 3.05. The van der Waals surface area contributed by atoms with Gasteiger partial charge in [0.2, 0.25) is 0 Å². The van der Waals surface area contributed by atoms with Crippen molar-refractivity contribution in [1.29, 1.82) is 0 Å². The van der Waals surface area contributed by atoms with E-state index in [0.29, 0.717) is 5.92 Å². The molecule has 1 heterocycles. The third-order valence-electron chi connectivity index (χ3n) is 5.11. The molecule has 2 fully saturated rings. The van der Waals surface area contributed by atoms with E-state index in [1.54, 1.807) is 0 Å². The fourth-order valence-corrected chi connectivity index (χ4v) is 3.73. The number of nitrogens with zero attached hydrogens (tertiary/aromatic N) is 1. The Hall–Kier alpha value is -0.0800. The van der Waals surface area contributed by atoms with E-state index in [-0.39, 0.29) is 6.10 Å². The van der Waals surface area contributed by atoms with Crippen LogP contribution in [0, 0.1) is 11.8 Å². The van der Waals surface area contributed by atoms with Crippen molar-refractivity contribution in [2.24, 2.45) is 11.8 Å². The van der Waals surface area contributed by atoms with Gasteiger partial charge in [-0.25, -0.2) is 0 Å². The van der Waals surface area contributed by atoms with Crippen LogP contribution in [0.2, 0.25) is 0 Å². The summed E-state index contributed by atoms with van der Waals surface area (Å²) in [5, 5.41) is 9.64. The molecule has 3 unspecified atom stereocenters. The maximum Gasteiger partial charge on any atom is 0.0541 e. The first kappa shape index (κ1) is 13.4. The summed E-state index contributed by atoms with van der Waals surface area (Å²) in [4.78, 5) is 2.71.